The summed E-state index contributed by atoms with van der Waals surface area (Å²) < 4.78 is 38.8. The summed E-state index contributed by atoms with van der Waals surface area (Å²) in [5, 5.41) is 0. The first-order valence-electron chi connectivity index (χ1n) is 9.14. The van der Waals surface area contributed by atoms with Crippen LogP contribution in [0.15, 0.2) is 73.8 Å². The number of ether oxygens (including phenoxy) is 2. The molecule has 0 atom stereocenters. The Bertz CT molecular complexity index is 877. The minimum absolute atomic E-state index is 0.0139. The molecule has 0 aliphatic heterocycles. The molecule has 2 aromatic carbocycles. The van der Waals surface area contributed by atoms with E-state index in [-0.39, 0.29) is 26.4 Å². The zero-order chi connectivity index (χ0) is 21.8. The third-order valence-electron chi connectivity index (χ3n) is 3.85. The Hall–Kier alpha value is -2.70. The van der Waals surface area contributed by atoms with Crippen molar-refractivity contribution >= 4 is 13.8 Å². The molecule has 2 rings (SSSR count). The molecule has 0 saturated carbocycles. The maximum atomic E-state index is 12.7. The van der Waals surface area contributed by atoms with Gasteiger partial charge in [-0.25, -0.2) is 9.36 Å². The van der Waals surface area contributed by atoms with Gasteiger partial charge in [0.2, 0.25) is 0 Å². The molecule has 160 valence electrons. The molecule has 0 spiro atoms. The molecule has 7 nitrogen and oxygen atoms in total. The smallest absolute Gasteiger partial charge is 0.475 e. The SMILES string of the molecule is C=CCOP(=O)(OCC=C)OCc1ccccc1C(=O)OCc1ccc(OC)cc1. The number of rotatable bonds is 13. The number of hydrogen-bond acceptors (Lipinski definition) is 7. The molecule has 0 radical (unpaired) electrons. The van der Waals surface area contributed by atoms with Crippen LogP contribution >= 0.6 is 7.82 Å². The van der Waals surface area contributed by atoms with E-state index >= 15 is 0 Å². The standard InChI is InChI=1S/C22H25O7P/c1-4-14-27-30(24,28-15-5-2)29-17-19-8-6-7-9-21(19)22(23)26-16-18-10-12-20(25-3)13-11-18/h4-13H,1-2,14-17H2,3H3. The van der Waals surface area contributed by atoms with Crippen LogP contribution in [0, 0.1) is 0 Å². The van der Waals surface area contributed by atoms with Crippen molar-refractivity contribution in [2.24, 2.45) is 0 Å². The number of methoxy groups -OCH3 is 1. The van der Waals surface area contributed by atoms with Crippen molar-refractivity contribution in [3.63, 3.8) is 0 Å². The second kappa shape index (κ2) is 12.1. The van der Waals surface area contributed by atoms with Crippen LogP contribution in [0.1, 0.15) is 21.5 Å². The number of esters is 1. The van der Waals surface area contributed by atoms with Crippen molar-refractivity contribution in [3.8, 4) is 5.75 Å². The van der Waals surface area contributed by atoms with Crippen LogP contribution in [0.2, 0.25) is 0 Å². The highest BCUT2D eigenvalue weighted by atomic mass is 31.2. The average Bonchev–Trinajstić information content (AvgIpc) is 2.79. The molecular weight excluding hydrogens is 407 g/mol. The summed E-state index contributed by atoms with van der Waals surface area (Å²) >= 11 is 0. The summed E-state index contributed by atoms with van der Waals surface area (Å²) in [6, 6.07) is 13.9. The Kier molecular flexibility index (Phi) is 9.51. The highest BCUT2D eigenvalue weighted by molar-refractivity contribution is 7.48. The zero-order valence-corrected chi connectivity index (χ0v) is 17.7. The molecule has 0 aliphatic rings. The molecule has 0 bridgehead atoms. The van der Waals surface area contributed by atoms with Gasteiger partial charge in [0, 0.05) is 0 Å². The Morgan fingerprint density at radius 3 is 2.17 bits per heavy atom. The lowest BCUT2D eigenvalue weighted by molar-refractivity contribution is 0.0467. The summed E-state index contributed by atoms with van der Waals surface area (Å²) in [6.07, 6.45) is 2.86. The number of hydrogen-bond donors (Lipinski definition) is 0. The van der Waals surface area contributed by atoms with Gasteiger partial charge in [-0.05, 0) is 29.3 Å². The fourth-order valence-corrected chi connectivity index (χ4v) is 3.44. The zero-order valence-electron chi connectivity index (χ0n) is 16.8. The lowest BCUT2D eigenvalue weighted by atomic mass is 10.1. The Balaban J connectivity index is 2.04. The van der Waals surface area contributed by atoms with E-state index in [0.717, 1.165) is 5.56 Å². The van der Waals surface area contributed by atoms with Gasteiger partial charge in [0.05, 0.1) is 32.5 Å². The average molecular weight is 432 g/mol. The number of phosphoric acid groups is 1. The third-order valence-corrected chi connectivity index (χ3v) is 5.22. The number of phosphoric ester groups is 1. The summed E-state index contributed by atoms with van der Waals surface area (Å²) in [6.45, 7) is 6.92. The molecule has 0 heterocycles. The predicted molar refractivity (Wildman–Crippen MR) is 113 cm³/mol. The Morgan fingerprint density at radius 2 is 1.57 bits per heavy atom. The normalized spacial score (nSPS) is 11.0. The fourth-order valence-electron chi connectivity index (χ4n) is 2.34. The highest BCUT2D eigenvalue weighted by Gasteiger charge is 2.27. The number of benzene rings is 2. The quantitative estimate of drug-likeness (QED) is 0.248. The minimum Gasteiger partial charge on any atom is -0.497 e. The second-order valence-corrected chi connectivity index (χ2v) is 7.64. The van der Waals surface area contributed by atoms with Gasteiger partial charge in [-0.3, -0.25) is 13.6 Å². The van der Waals surface area contributed by atoms with Crippen LogP contribution in [-0.4, -0.2) is 26.3 Å². The van der Waals surface area contributed by atoms with Gasteiger partial charge in [0.15, 0.2) is 0 Å². The Morgan fingerprint density at radius 1 is 0.933 bits per heavy atom. The van der Waals surface area contributed by atoms with E-state index in [0.29, 0.717) is 16.9 Å². The van der Waals surface area contributed by atoms with Gasteiger partial charge >= 0.3 is 13.8 Å². The van der Waals surface area contributed by atoms with Gasteiger partial charge in [-0.2, -0.15) is 0 Å². The van der Waals surface area contributed by atoms with E-state index < -0.39 is 13.8 Å². The topological polar surface area (TPSA) is 80.3 Å². The van der Waals surface area contributed by atoms with Gasteiger partial charge in [-0.15, -0.1) is 13.2 Å². The van der Waals surface area contributed by atoms with Crippen LogP contribution in [0.3, 0.4) is 0 Å². The number of carbonyl (C=O) groups is 1. The minimum atomic E-state index is -3.85. The molecule has 0 aliphatic carbocycles. The summed E-state index contributed by atoms with van der Waals surface area (Å²) in [4.78, 5) is 12.6. The van der Waals surface area contributed by atoms with Crippen molar-refractivity contribution < 1.29 is 32.4 Å². The highest BCUT2D eigenvalue weighted by Crippen LogP contribution is 2.50. The van der Waals surface area contributed by atoms with Crippen LogP contribution in [-0.2, 0) is 36.1 Å². The first-order chi connectivity index (χ1) is 14.5. The molecule has 0 unspecified atom stereocenters. The van der Waals surface area contributed by atoms with Crippen LogP contribution in [0.4, 0.5) is 0 Å². The van der Waals surface area contributed by atoms with Gasteiger partial charge in [0.25, 0.3) is 0 Å². The van der Waals surface area contributed by atoms with Crippen molar-refractivity contribution in [2.75, 3.05) is 20.3 Å². The van der Waals surface area contributed by atoms with Crippen LogP contribution < -0.4 is 4.74 Å². The van der Waals surface area contributed by atoms with E-state index in [1.807, 2.05) is 12.1 Å². The predicted octanol–water partition coefficient (Wildman–Crippen LogP) is 5.08. The molecule has 0 amide bonds. The van der Waals surface area contributed by atoms with E-state index in [4.69, 9.17) is 23.0 Å². The maximum Gasteiger partial charge on any atom is 0.475 e. The second-order valence-electron chi connectivity index (χ2n) is 5.97. The van der Waals surface area contributed by atoms with Crippen LogP contribution in [0.5, 0.6) is 5.75 Å². The van der Waals surface area contributed by atoms with E-state index in [1.54, 1.807) is 43.5 Å². The van der Waals surface area contributed by atoms with Crippen molar-refractivity contribution in [2.45, 2.75) is 13.2 Å². The van der Waals surface area contributed by atoms with Crippen LogP contribution in [0.25, 0.3) is 0 Å². The lowest BCUT2D eigenvalue weighted by Crippen LogP contribution is -2.10. The summed E-state index contributed by atoms with van der Waals surface area (Å²) in [5.74, 6) is 0.188. The molecule has 0 aromatic heterocycles. The molecule has 2 aromatic rings. The van der Waals surface area contributed by atoms with E-state index in [1.165, 1.54) is 12.2 Å². The molecule has 0 saturated heterocycles. The van der Waals surface area contributed by atoms with Crippen molar-refractivity contribution in [1.29, 1.82) is 0 Å². The summed E-state index contributed by atoms with van der Waals surface area (Å²) in [7, 11) is -2.26. The van der Waals surface area contributed by atoms with Crippen molar-refractivity contribution in [3.05, 3.63) is 90.5 Å². The third kappa shape index (κ3) is 7.28. The number of carbonyl (C=O) groups excluding carboxylic acids is 1. The lowest BCUT2D eigenvalue weighted by Gasteiger charge is -2.17. The van der Waals surface area contributed by atoms with Gasteiger partial charge in [0.1, 0.15) is 12.4 Å². The molecule has 0 N–H and O–H groups in total. The van der Waals surface area contributed by atoms with Gasteiger partial charge < -0.3 is 9.47 Å². The molecule has 8 heteroatoms. The first kappa shape index (κ1) is 23.6. The van der Waals surface area contributed by atoms with E-state index in [9.17, 15) is 9.36 Å². The monoisotopic (exact) mass is 432 g/mol. The molecule has 30 heavy (non-hydrogen) atoms. The van der Waals surface area contributed by atoms with Crippen molar-refractivity contribution in [1.82, 2.24) is 0 Å². The fraction of sp³-hybridized carbons (Fsp3) is 0.227. The largest absolute Gasteiger partial charge is 0.497 e. The Labute approximate surface area is 176 Å². The maximum absolute atomic E-state index is 12.7. The molecular formula is C22H25O7P. The van der Waals surface area contributed by atoms with Gasteiger partial charge in [-0.1, -0.05) is 42.5 Å². The first-order valence-corrected chi connectivity index (χ1v) is 10.6. The molecule has 0 fully saturated rings. The van der Waals surface area contributed by atoms with E-state index in [2.05, 4.69) is 13.2 Å². The summed E-state index contributed by atoms with van der Waals surface area (Å²) in [5.41, 5.74) is 1.60.